The Morgan fingerprint density at radius 2 is 1.90 bits per heavy atom. The first-order valence-electron chi connectivity index (χ1n) is 6.05. The van der Waals surface area contributed by atoms with E-state index in [1.807, 2.05) is 0 Å². The van der Waals surface area contributed by atoms with Crippen molar-refractivity contribution in [2.75, 3.05) is 19.5 Å². The highest BCUT2D eigenvalue weighted by atomic mass is 16.6. The molecule has 0 saturated carbocycles. The third-order valence-electron chi connectivity index (χ3n) is 2.20. The molecule has 0 bridgehead atoms. The van der Waals surface area contributed by atoms with Crippen molar-refractivity contribution >= 4 is 17.6 Å². The van der Waals surface area contributed by atoms with Crippen LogP contribution >= 0.6 is 0 Å². The molecule has 1 aromatic carbocycles. The molecule has 0 aromatic heterocycles. The molecule has 0 spiro atoms. The Balaban J connectivity index is 2.72. The van der Waals surface area contributed by atoms with Crippen LogP contribution in [0.25, 0.3) is 0 Å². The molecule has 0 heterocycles. The van der Waals surface area contributed by atoms with Crippen LogP contribution in [0.5, 0.6) is 5.75 Å². The highest BCUT2D eigenvalue weighted by Crippen LogP contribution is 2.23. The maximum Gasteiger partial charge on any atom is 0.344 e. The highest BCUT2D eigenvalue weighted by molar-refractivity contribution is 5.90. The van der Waals surface area contributed by atoms with E-state index < -0.39 is 17.5 Å². The summed E-state index contributed by atoms with van der Waals surface area (Å²) in [6.07, 6.45) is 0. The van der Waals surface area contributed by atoms with Crippen LogP contribution in [-0.2, 0) is 14.3 Å². The summed E-state index contributed by atoms with van der Waals surface area (Å²) in [5, 5.41) is 0. The zero-order chi connectivity index (χ0) is 15.3. The van der Waals surface area contributed by atoms with Crippen LogP contribution in [0, 0.1) is 0 Å². The fourth-order valence-electron chi connectivity index (χ4n) is 1.41. The predicted molar refractivity (Wildman–Crippen MR) is 73.5 cm³/mol. The standard InChI is InChI=1S/C14H19NO5/c1-14(2,3)20-12(16)8-19-11-7-9(13(17)18-4)5-6-10(11)15/h5-7H,8,15H2,1-4H3. The Morgan fingerprint density at radius 1 is 1.25 bits per heavy atom. The summed E-state index contributed by atoms with van der Waals surface area (Å²) in [5.41, 5.74) is 5.74. The van der Waals surface area contributed by atoms with Crippen molar-refractivity contribution in [3.63, 3.8) is 0 Å². The van der Waals surface area contributed by atoms with Gasteiger partial charge in [0.25, 0.3) is 0 Å². The van der Waals surface area contributed by atoms with Gasteiger partial charge in [0.2, 0.25) is 0 Å². The number of hydrogen-bond acceptors (Lipinski definition) is 6. The largest absolute Gasteiger partial charge is 0.480 e. The first-order chi connectivity index (χ1) is 9.23. The number of methoxy groups -OCH3 is 1. The topological polar surface area (TPSA) is 87.9 Å². The van der Waals surface area contributed by atoms with E-state index in [2.05, 4.69) is 4.74 Å². The number of nitrogen functional groups attached to an aromatic ring is 1. The Morgan fingerprint density at radius 3 is 2.45 bits per heavy atom. The number of nitrogens with two attached hydrogens (primary N) is 1. The molecule has 6 heteroatoms. The zero-order valence-corrected chi connectivity index (χ0v) is 12.1. The molecule has 0 amide bonds. The second-order valence-electron chi connectivity index (χ2n) is 5.12. The number of carbonyl (C=O) groups is 2. The second kappa shape index (κ2) is 6.27. The van der Waals surface area contributed by atoms with E-state index in [1.165, 1.54) is 25.3 Å². The van der Waals surface area contributed by atoms with Gasteiger partial charge in [0.1, 0.15) is 11.4 Å². The van der Waals surface area contributed by atoms with Crippen LogP contribution in [-0.4, -0.2) is 31.3 Å². The van der Waals surface area contributed by atoms with Gasteiger partial charge in [0.05, 0.1) is 18.4 Å². The Bertz CT molecular complexity index is 505. The lowest BCUT2D eigenvalue weighted by molar-refractivity contribution is -0.157. The van der Waals surface area contributed by atoms with Crippen molar-refractivity contribution in [2.45, 2.75) is 26.4 Å². The van der Waals surface area contributed by atoms with Gasteiger partial charge in [-0.2, -0.15) is 0 Å². The molecule has 1 rings (SSSR count). The summed E-state index contributed by atoms with van der Waals surface area (Å²) in [4.78, 5) is 22.9. The van der Waals surface area contributed by atoms with E-state index >= 15 is 0 Å². The molecule has 0 unspecified atom stereocenters. The molecule has 20 heavy (non-hydrogen) atoms. The normalized spacial score (nSPS) is 10.8. The molecule has 1 aromatic rings. The quantitative estimate of drug-likeness (QED) is 0.668. The van der Waals surface area contributed by atoms with Gasteiger partial charge < -0.3 is 19.9 Å². The molecule has 0 fully saturated rings. The molecular formula is C14H19NO5. The third-order valence-corrected chi connectivity index (χ3v) is 2.20. The second-order valence-corrected chi connectivity index (χ2v) is 5.12. The van der Waals surface area contributed by atoms with Crippen molar-refractivity contribution in [2.24, 2.45) is 0 Å². The van der Waals surface area contributed by atoms with Crippen LogP contribution in [0.1, 0.15) is 31.1 Å². The zero-order valence-electron chi connectivity index (χ0n) is 12.1. The first kappa shape index (κ1) is 15.8. The predicted octanol–water partition coefficient (Wildman–Crippen LogP) is 1.78. The number of rotatable bonds is 4. The fourth-order valence-corrected chi connectivity index (χ4v) is 1.41. The molecule has 0 aliphatic rings. The lowest BCUT2D eigenvalue weighted by Crippen LogP contribution is -2.27. The van der Waals surface area contributed by atoms with Gasteiger partial charge in [-0.1, -0.05) is 0 Å². The minimum Gasteiger partial charge on any atom is -0.480 e. The summed E-state index contributed by atoms with van der Waals surface area (Å²) in [6.45, 7) is 5.00. The van der Waals surface area contributed by atoms with Crippen molar-refractivity contribution in [1.29, 1.82) is 0 Å². The third kappa shape index (κ3) is 4.79. The fraction of sp³-hybridized carbons (Fsp3) is 0.429. The maximum absolute atomic E-state index is 11.5. The minimum absolute atomic E-state index is 0.235. The molecule has 0 aliphatic carbocycles. The summed E-state index contributed by atoms with van der Waals surface area (Å²) < 4.78 is 15.0. The number of benzene rings is 1. The van der Waals surface area contributed by atoms with E-state index in [4.69, 9.17) is 15.2 Å². The van der Waals surface area contributed by atoms with Gasteiger partial charge in [0, 0.05) is 0 Å². The van der Waals surface area contributed by atoms with Gasteiger partial charge in [-0.05, 0) is 39.0 Å². The highest BCUT2D eigenvalue weighted by Gasteiger charge is 2.17. The Kier molecular flexibility index (Phi) is 4.96. The molecule has 0 saturated heterocycles. The summed E-state index contributed by atoms with van der Waals surface area (Å²) in [5.74, 6) is -0.786. The summed E-state index contributed by atoms with van der Waals surface area (Å²) in [7, 11) is 1.28. The van der Waals surface area contributed by atoms with Gasteiger partial charge in [-0.25, -0.2) is 9.59 Å². The van der Waals surface area contributed by atoms with E-state index in [1.54, 1.807) is 20.8 Å². The number of carbonyl (C=O) groups excluding carboxylic acids is 2. The van der Waals surface area contributed by atoms with Gasteiger partial charge >= 0.3 is 11.9 Å². The SMILES string of the molecule is COC(=O)c1ccc(N)c(OCC(=O)OC(C)(C)C)c1. The van der Waals surface area contributed by atoms with Crippen LogP contribution in [0.4, 0.5) is 5.69 Å². The Hall–Kier alpha value is -2.24. The number of esters is 2. The van der Waals surface area contributed by atoms with Gasteiger partial charge in [0.15, 0.2) is 6.61 Å². The number of anilines is 1. The van der Waals surface area contributed by atoms with Crippen molar-refractivity contribution in [3.05, 3.63) is 23.8 Å². The smallest absolute Gasteiger partial charge is 0.344 e. The first-order valence-corrected chi connectivity index (χ1v) is 6.05. The number of hydrogen-bond donors (Lipinski definition) is 1. The molecule has 110 valence electrons. The molecule has 2 N–H and O–H groups in total. The number of ether oxygens (including phenoxy) is 3. The average Bonchev–Trinajstić information content (AvgIpc) is 2.34. The van der Waals surface area contributed by atoms with E-state index in [0.29, 0.717) is 11.3 Å². The molecular weight excluding hydrogens is 262 g/mol. The van der Waals surface area contributed by atoms with Gasteiger partial charge in [-0.15, -0.1) is 0 Å². The van der Waals surface area contributed by atoms with Crippen molar-refractivity contribution < 1.29 is 23.8 Å². The molecule has 0 radical (unpaired) electrons. The van der Waals surface area contributed by atoms with E-state index in [9.17, 15) is 9.59 Å². The summed E-state index contributed by atoms with van der Waals surface area (Å²) in [6, 6.07) is 4.45. The molecule has 0 atom stereocenters. The van der Waals surface area contributed by atoms with Gasteiger partial charge in [-0.3, -0.25) is 0 Å². The van der Waals surface area contributed by atoms with E-state index in [-0.39, 0.29) is 12.4 Å². The van der Waals surface area contributed by atoms with Crippen LogP contribution in [0.2, 0.25) is 0 Å². The monoisotopic (exact) mass is 281 g/mol. The molecule has 6 nitrogen and oxygen atoms in total. The van der Waals surface area contributed by atoms with E-state index in [0.717, 1.165) is 0 Å². The lowest BCUT2D eigenvalue weighted by atomic mass is 10.2. The van der Waals surface area contributed by atoms with Crippen LogP contribution in [0.15, 0.2) is 18.2 Å². The van der Waals surface area contributed by atoms with Crippen molar-refractivity contribution in [3.8, 4) is 5.75 Å². The van der Waals surface area contributed by atoms with Crippen LogP contribution < -0.4 is 10.5 Å². The molecule has 0 aliphatic heterocycles. The average molecular weight is 281 g/mol. The summed E-state index contributed by atoms with van der Waals surface area (Å²) >= 11 is 0. The maximum atomic E-state index is 11.5. The Labute approximate surface area is 117 Å². The van der Waals surface area contributed by atoms with Crippen molar-refractivity contribution in [1.82, 2.24) is 0 Å². The van der Waals surface area contributed by atoms with Crippen LogP contribution in [0.3, 0.4) is 0 Å². The lowest BCUT2D eigenvalue weighted by Gasteiger charge is -2.19. The minimum atomic E-state index is -0.583.